The van der Waals surface area contributed by atoms with Crippen LogP contribution in [0.25, 0.3) is 11.1 Å². The van der Waals surface area contributed by atoms with Crippen LogP contribution < -0.4 is 5.73 Å². The molecule has 0 unspecified atom stereocenters. The van der Waals surface area contributed by atoms with Crippen LogP contribution in [0.2, 0.25) is 0 Å². The van der Waals surface area contributed by atoms with Crippen molar-refractivity contribution in [2.45, 2.75) is 33.2 Å². The molecule has 0 aliphatic carbocycles. The third kappa shape index (κ3) is 4.02. The van der Waals surface area contributed by atoms with Crippen molar-refractivity contribution >= 4 is 5.78 Å². The lowest BCUT2D eigenvalue weighted by atomic mass is 9.84. The summed E-state index contributed by atoms with van der Waals surface area (Å²) < 4.78 is 0. The summed E-state index contributed by atoms with van der Waals surface area (Å²) >= 11 is 0. The second kappa shape index (κ2) is 6.23. The molecule has 0 aliphatic rings. The van der Waals surface area contributed by atoms with Crippen molar-refractivity contribution in [3.63, 3.8) is 0 Å². The van der Waals surface area contributed by atoms with E-state index in [1.54, 1.807) is 0 Å². The van der Waals surface area contributed by atoms with Crippen LogP contribution >= 0.6 is 0 Å². The topological polar surface area (TPSA) is 43.1 Å². The summed E-state index contributed by atoms with van der Waals surface area (Å²) in [5.41, 5.74) is 9.12. The average Bonchev–Trinajstić information content (AvgIpc) is 2.47. The molecule has 2 rings (SSSR count). The van der Waals surface area contributed by atoms with Gasteiger partial charge in [-0.05, 0) is 23.1 Å². The van der Waals surface area contributed by atoms with Crippen LogP contribution in [0.3, 0.4) is 0 Å². The predicted molar refractivity (Wildman–Crippen MR) is 88.0 cm³/mol. The Balaban J connectivity index is 2.08. The Bertz CT molecular complexity index is 594. The number of carbonyl (C=O) groups is 1. The molecule has 0 fully saturated rings. The fourth-order valence-corrected chi connectivity index (χ4v) is 2.37. The van der Waals surface area contributed by atoms with Gasteiger partial charge in [0, 0.05) is 5.41 Å². The fraction of sp³-hybridized carbons (Fsp3) is 0.316. The van der Waals surface area contributed by atoms with Gasteiger partial charge in [0.15, 0.2) is 5.78 Å². The summed E-state index contributed by atoms with van der Waals surface area (Å²) in [6, 6.07) is 18.1. The minimum absolute atomic E-state index is 0.106. The minimum Gasteiger partial charge on any atom is -0.321 e. The van der Waals surface area contributed by atoms with Crippen LogP contribution in [0.15, 0.2) is 54.6 Å². The molecule has 0 spiro atoms. The van der Waals surface area contributed by atoms with Gasteiger partial charge in [0.25, 0.3) is 0 Å². The van der Waals surface area contributed by atoms with Crippen molar-refractivity contribution in [3.8, 4) is 11.1 Å². The molecule has 2 N–H and O–H groups in total. The first kappa shape index (κ1) is 15.5. The van der Waals surface area contributed by atoms with Crippen molar-refractivity contribution in [2.24, 2.45) is 11.1 Å². The van der Waals surface area contributed by atoms with Crippen LogP contribution in [-0.2, 0) is 11.2 Å². The molecule has 0 radical (unpaired) electrons. The first-order chi connectivity index (χ1) is 9.88. The standard InChI is InChI=1S/C19H23NO/c1-19(2,3)18(21)17(20)13-14-9-11-16(12-10-14)15-7-5-4-6-8-15/h4-12,17H,13,20H2,1-3H3/t17-/m0/s1. The maximum atomic E-state index is 12.1. The van der Waals surface area contributed by atoms with Gasteiger partial charge in [-0.25, -0.2) is 0 Å². The van der Waals surface area contributed by atoms with Gasteiger partial charge in [0.1, 0.15) is 0 Å². The molecule has 110 valence electrons. The molecule has 0 saturated carbocycles. The van der Waals surface area contributed by atoms with Gasteiger partial charge >= 0.3 is 0 Å². The minimum atomic E-state index is -0.437. The smallest absolute Gasteiger partial charge is 0.155 e. The van der Waals surface area contributed by atoms with Crippen molar-refractivity contribution in [1.82, 2.24) is 0 Å². The van der Waals surface area contributed by atoms with Crippen molar-refractivity contribution in [1.29, 1.82) is 0 Å². The highest BCUT2D eigenvalue weighted by atomic mass is 16.1. The number of hydrogen-bond donors (Lipinski definition) is 1. The van der Waals surface area contributed by atoms with Crippen LogP contribution in [-0.4, -0.2) is 11.8 Å². The second-order valence-electron chi connectivity index (χ2n) is 6.49. The Morgan fingerprint density at radius 2 is 1.48 bits per heavy atom. The molecule has 1 atom stereocenters. The largest absolute Gasteiger partial charge is 0.321 e. The Kier molecular flexibility index (Phi) is 4.59. The predicted octanol–water partition coefficient (Wildman–Crippen LogP) is 3.84. The maximum absolute atomic E-state index is 12.1. The van der Waals surface area contributed by atoms with Gasteiger partial charge in [0.2, 0.25) is 0 Å². The molecule has 0 heterocycles. The number of hydrogen-bond acceptors (Lipinski definition) is 2. The molecule has 0 aromatic heterocycles. The Morgan fingerprint density at radius 1 is 0.952 bits per heavy atom. The van der Waals surface area contributed by atoms with Gasteiger partial charge in [0.05, 0.1) is 6.04 Å². The third-order valence-corrected chi connectivity index (χ3v) is 3.59. The molecule has 0 aliphatic heterocycles. The lowest BCUT2D eigenvalue weighted by Gasteiger charge is -2.21. The highest BCUT2D eigenvalue weighted by molar-refractivity contribution is 5.88. The summed E-state index contributed by atoms with van der Waals surface area (Å²) in [6.45, 7) is 5.73. The quantitative estimate of drug-likeness (QED) is 0.925. The second-order valence-corrected chi connectivity index (χ2v) is 6.49. The first-order valence-electron chi connectivity index (χ1n) is 7.32. The summed E-state index contributed by atoms with van der Waals surface area (Å²) in [6.07, 6.45) is 0.588. The zero-order valence-electron chi connectivity index (χ0n) is 13.0. The van der Waals surface area contributed by atoms with Gasteiger partial charge in [-0.2, -0.15) is 0 Å². The first-order valence-corrected chi connectivity index (χ1v) is 7.32. The van der Waals surface area contributed by atoms with Crippen molar-refractivity contribution < 1.29 is 4.79 Å². The molecule has 0 saturated heterocycles. The van der Waals surface area contributed by atoms with Crippen molar-refractivity contribution in [3.05, 3.63) is 60.2 Å². The number of rotatable bonds is 4. The molecule has 2 heteroatoms. The van der Waals surface area contributed by atoms with E-state index in [1.165, 1.54) is 11.1 Å². The molecule has 0 bridgehead atoms. The number of nitrogens with two attached hydrogens (primary N) is 1. The van der Waals surface area contributed by atoms with E-state index < -0.39 is 6.04 Å². The maximum Gasteiger partial charge on any atom is 0.155 e. The normalized spacial score (nSPS) is 13.0. The Hall–Kier alpha value is -1.93. The van der Waals surface area contributed by atoms with E-state index >= 15 is 0 Å². The fourth-order valence-electron chi connectivity index (χ4n) is 2.37. The summed E-state index contributed by atoms with van der Waals surface area (Å²) in [7, 11) is 0. The van der Waals surface area contributed by atoms with Crippen LogP contribution in [0.4, 0.5) is 0 Å². The molecule has 2 nitrogen and oxygen atoms in total. The third-order valence-electron chi connectivity index (χ3n) is 3.59. The van der Waals surface area contributed by atoms with Gasteiger partial charge < -0.3 is 5.73 Å². The van der Waals surface area contributed by atoms with E-state index in [2.05, 4.69) is 36.4 Å². The number of ketones is 1. The lowest BCUT2D eigenvalue weighted by Crippen LogP contribution is -2.40. The molecular formula is C19H23NO. The van der Waals surface area contributed by atoms with Crippen LogP contribution in [0.5, 0.6) is 0 Å². The Morgan fingerprint density at radius 3 is 2.00 bits per heavy atom. The summed E-state index contributed by atoms with van der Waals surface area (Å²) in [5, 5.41) is 0. The van der Waals surface area contributed by atoms with E-state index in [1.807, 2.05) is 39.0 Å². The average molecular weight is 281 g/mol. The lowest BCUT2D eigenvalue weighted by molar-refractivity contribution is -0.127. The monoisotopic (exact) mass is 281 g/mol. The Labute approximate surface area is 127 Å². The van der Waals surface area contributed by atoms with E-state index in [0.717, 1.165) is 5.56 Å². The molecule has 2 aromatic rings. The summed E-state index contributed by atoms with van der Waals surface area (Å²) in [4.78, 5) is 12.1. The van der Waals surface area contributed by atoms with E-state index in [0.29, 0.717) is 6.42 Å². The van der Waals surface area contributed by atoms with Crippen molar-refractivity contribution in [2.75, 3.05) is 0 Å². The van der Waals surface area contributed by atoms with Crippen LogP contribution in [0.1, 0.15) is 26.3 Å². The zero-order valence-corrected chi connectivity index (χ0v) is 13.0. The molecule has 0 amide bonds. The summed E-state index contributed by atoms with van der Waals surface area (Å²) in [5.74, 6) is 0.106. The van der Waals surface area contributed by atoms with E-state index in [-0.39, 0.29) is 11.2 Å². The zero-order chi connectivity index (χ0) is 15.5. The van der Waals surface area contributed by atoms with Crippen LogP contribution in [0, 0.1) is 5.41 Å². The van der Waals surface area contributed by atoms with E-state index in [4.69, 9.17) is 5.73 Å². The highest BCUT2D eigenvalue weighted by Crippen LogP contribution is 2.21. The highest BCUT2D eigenvalue weighted by Gasteiger charge is 2.26. The number of benzene rings is 2. The number of carbonyl (C=O) groups excluding carboxylic acids is 1. The molecular weight excluding hydrogens is 258 g/mol. The molecule has 21 heavy (non-hydrogen) atoms. The SMILES string of the molecule is CC(C)(C)C(=O)[C@@H](N)Cc1ccc(-c2ccccc2)cc1. The van der Waals surface area contributed by atoms with E-state index in [9.17, 15) is 4.79 Å². The van der Waals surface area contributed by atoms with Gasteiger partial charge in [-0.3, -0.25) is 4.79 Å². The van der Waals surface area contributed by atoms with Gasteiger partial charge in [-0.1, -0.05) is 75.4 Å². The molecule has 2 aromatic carbocycles. The van der Waals surface area contributed by atoms with Gasteiger partial charge in [-0.15, -0.1) is 0 Å². The number of Topliss-reactive ketones (excluding diaryl/α,β-unsaturated/α-hetero) is 1.